The fourth-order valence-corrected chi connectivity index (χ4v) is 12.7. The molecule has 2 aliphatic carbocycles. The fourth-order valence-electron chi connectivity index (χ4n) is 11.4. The largest absolute Gasteiger partial charge is 0.492 e. The minimum Gasteiger partial charge on any atom is -0.492 e. The third kappa shape index (κ3) is 13.0. The Bertz CT molecular complexity index is 3100. The fraction of sp³-hybridized carbons (Fsp3) is 0.561. The van der Waals surface area contributed by atoms with Gasteiger partial charge in [-0.15, -0.1) is 0 Å². The first kappa shape index (κ1) is 56.6. The second-order valence-electron chi connectivity index (χ2n) is 22.6. The highest BCUT2D eigenvalue weighted by molar-refractivity contribution is 7.92. The van der Waals surface area contributed by atoms with E-state index < -0.39 is 50.9 Å². The summed E-state index contributed by atoms with van der Waals surface area (Å²) in [6.45, 7) is 12.3. The Morgan fingerprint density at radius 2 is 1.66 bits per heavy atom. The highest BCUT2D eigenvalue weighted by atomic mass is 32.2. The van der Waals surface area contributed by atoms with Crippen LogP contribution >= 0.6 is 0 Å². The summed E-state index contributed by atoms with van der Waals surface area (Å²) in [5, 5.41) is 19.7. The van der Waals surface area contributed by atoms with Crippen LogP contribution in [0.5, 0.6) is 11.5 Å². The number of amides is 4. The van der Waals surface area contributed by atoms with Crippen molar-refractivity contribution in [3.63, 3.8) is 0 Å². The van der Waals surface area contributed by atoms with E-state index in [0.29, 0.717) is 46.8 Å². The number of hydrogen-bond donors (Lipinski definition) is 5. The molecule has 0 spiro atoms. The number of nitrogens with zero attached hydrogens (tertiary/aromatic N) is 7. The highest BCUT2D eigenvalue weighted by Gasteiger charge is 2.46. The number of aromatic nitrogens is 6. The van der Waals surface area contributed by atoms with Crippen molar-refractivity contribution in [3.8, 4) is 11.5 Å². The number of carbonyl (C=O) groups is 4. The number of likely N-dealkylation sites (tertiary alicyclic amines) is 1. The molecule has 5 aromatic rings. The molecular weight excluding hydrogens is 1030 g/mol. The first-order valence-corrected chi connectivity index (χ1v) is 29.4. The minimum atomic E-state index is -3.84. The monoisotopic (exact) mass is 1100 g/mol. The molecular formula is C57H76N12O9S. The summed E-state index contributed by atoms with van der Waals surface area (Å²) in [6, 6.07) is 9.39. The van der Waals surface area contributed by atoms with E-state index in [0.717, 1.165) is 107 Å². The molecule has 3 fully saturated rings. The van der Waals surface area contributed by atoms with Crippen LogP contribution in [0.1, 0.15) is 133 Å². The molecule has 0 bridgehead atoms. The predicted octanol–water partition coefficient (Wildman–Crippen LogP) is 7.50. The van der Waals surface area contributed by atoms with E-state index in [-0.39, 0.29) is 47.4 Å². The number of rotatable bonds is 18. The van der Waals surface area contributed by atoms with Crippen LogP contribution in [0.15, 0.2) is 60.0 Å². The maximum atomic E-state index is 14.9. The average Bonchev–Trinajstić information content (AvgIpc) is 4.11. The summed E-state index contributed by atoms with van der Waals surface area (Å²) in [5.74, 6) is 1.28. The quantitative estimate of drug-likeness (QED) is 0.0532. The van der Waals surface area contributed by atoms with Crippen molar-refractivity contribution in [1.82, 2.24) is 51.0 Å². The van der Waals surface area contributed by atoms with E-state index in [4.69, 9.17) is 24.2 Å². The molecule has 2 saturated heterocycles. The van der Waals surface area contributed by atoms with Crippen molar-refractivity contribution >= 4 is 62.1 Å². The topological polar surface area (TPSA) is 265 Å². The Kier molecular flexibility index (Phi) is 17.6. The van der Waals surface area contributed by atoms with E-state index in [1.807, 2.05) is 32.0 Å². The van der Waals surface area contributed by atoms with Crippen LogP contribution < -0.4 is 35.6 Å². The van der Waals surface area contributed by atoms with E-state index >= 15 is 0 Å². The number of nitrogens with one attached hydrogen (secondary N) is 5. The molecule has 5 N–H and O–H groups in total. The summed E-state index contributed by atoms with van der Waals surface area (Å²) in [4.78, 5) is 77.1. The second kappa shape index (κ2) is 24.5. The molecule has 424 valence electrons. The van der Waals surface area contributed by atoms with Gasteiger partial charge < -0.3 is 45.3 Å². The Morgan fingerprint density at radius 1 is 0.911 bits per heavy atom. The molecule has 4 amide bonds. The van der Waals surface area contributed by atoms with Gasteiger partial charge in [-0.25, -0.2) is 33.1 Å². The summed E-state index contributed by atoms with van der Waals surface area (Å²) < 4.78 is 45.0. The Balaban J connectivity index is 0.823. The van der Waals surface area contributed by atoms with Crippen molar-refractivity contribution in [3.05, 3.63) is 77.5 Å². The number of anilines is 3. The minimum absolute atomic E-state index is 0.0854. The average molecular weight is 1110 g/mol. The van der Waals surface area contributed by atoms with Gasteiger partial charge in [-0.3, -0.25) is 19.5 Å². The number of fused-ring (bicyclic) bond motifs is 2. The van der Waals surface area contributed by atoms with Crippen LogP contribution in [0.3, 0.4) is 0 Å². The maximum absolute atomic E-state index is 14.9. The number of alkyl carbamates (subject to hydrolysis) is 1. The zero-order valence-corrected chi connectivity index (χ0v) is 47.3. The molecule has 5 atom stereocenters. The lowest BCUT2D eigenvalue weighted by molar-refractivity contribution is -0.144. The summed E-state index contributed by atoms with van der Waals surface area (Å²) in [6.07, 6.45) is 12.8. The Labute approximate surface area is 462 Å². The Hall–Kier alpha value is -7.10. The molecule has 2 unspecified atom stereocenters. The van der Waals surface area contributed by atoms with Crippen LogP contribution in [0.25, 0.3) is 10.9 Å². The lowest BCUT2D eigenvalue weighted by Gasteiger charge is -2.35. The highest BCUT2D eigenvalue weighted by Crippen LogP contribution is 2.39. The molecule has 1 saturated carbocycles. The second-order valence-corrected chi connectivity index (χ2v) is 25.2. The van der Waals surface area contributed by atoms with E-state index in [9.17, 15) is 27.6 Å². The van der Waals surface area contributed by atoms with Crippen molar-refractivity contribution < 1.29 is 41.8 Å². The standard InChI is InChI=1S/C57H76N12O9S/c1-34-35(2)66-67-50(34)65-51-43-28-48(79(74,75)57(4,5)6)47(29-45(43)61-33-62-51)76-26-14-15-37-22-24-68(25-23-37)55-59-30-41(31-60-55)78-40-27-46(53(71)63-44-21-13-19-38-16-11-12-20-42(38)44)69(32-40)54(72)49(39-17-9-8-10-18-39)64-52(70)36(3)77-56(73)58-7/h11-12,16,20,28-31,33,36-37,39-40,44,46,49H,8-10,13-15,17-19,21-27,32H2,1-7H3,(H,58,73)(H,63,71)(H,64,70)(H2,61,62,65,66,67)/t36?,40-,44+,46-,49?/m0/s1. The van der Waals surface area contributed by atoms with Gasteiger partial charge in [-0.1, -0.05) is 43.5 Å². The maximum Gasteiger partial charge on any atom is 0.407 e. The number of piperidine rings is 1. The lowest BCUT2D eigenvalue weighted by Crippen LogP contribution is -2.57. The van der Waals surface area contributed by atoms with Crippen molar-refractivity contribution in [2.24, 2.45) is 11.8 Å². The van der Waals surface area contributed by atoms with Crippen LogP contribution in [0.2, 0.25) is 0 Å². The molecule has 4 aliphatic rings. The summed E-state index contributed by atoms with van der Waals surface area (Å²) >= 11 is 0. The van der Waals surface area contributed by atoms with E-state index in [1.54, 1.807) is 50.2 Å². The van der Waals surface area contributed by atoms with Gasteiger partial charge in [0.25, 0.3) is 5.91 Å². The van der Waals surface area contributed by atoms with Gasteiger partial charge in [0.05, 0.1) is 41.9 Å². The number of aryl methyl sites for hydroxylation is 2. The van der Waals surface area contributed by atoms with Crippen molar-refractivity contribution in [2.45, 2.75) is 165 Å². The number of hydrogen-bond acceptors (Lipinski definition) is 16. The molecule has 5 heterocycles. The van der Waals surface area contributed by atoms with Crippen LogP contribution in [-0.4, -0.2) is 130 Å². The third-order valence-corrected chi connectivity index (χ3v) is 18.7. The molecule has 9 rings (SSSR count). The van der Waals surface area contributed by atoms with Gasteiger partial charge in [-0.2, -0.15) is 5.10 Å². The first-order chi connectivity index (χ1) is 37.9. The molecule has 79 heavy (non-hydrogen) atoms. The number of H-pyrrole nitrogens is 1. The van der Waals surface area contributed by atoms with Gasteiger partial charge in [-0.05, 0) is 128 Å². The number of sulfone groups is 1. The molecule has 2 aromatic carbocycles. The number of carbonyl (C=O) groups excluding carboxylic acids is 4. The molecule has 21 nitrogen and oxygen atoms in total. The number of aromatic amines is 1. The van der Waals surface area contributed by atoms with Crippen molar-refractivity contribution in [1.29, 1.82) is 0 Å². The van der Waals surface area contributed by atoms with Gasteiger partial charge >= 0.3 is 6.09 Å². The summed E-state index contributed by atoms with van der Waals surface area (Å²) in [7, 11) is -2.43. The SMILES string of the molecule is CNC(=O)OC(C)C(=O)NC(C(=O)N1C[C@@H](Oc2cnc(N3CCC(CCCOc4cc5ncnc(Nc6n[nH]c(C)c6C)c5cc4S(=O)(=O)C(C)(C)C)CC3)nc2)C[C@H]1C(=O)N[C@@H]1CCCc2ccccc21)C1CCCCC1. The van der Waals surface area contributed by atoms with Crippen molar-refractivity contribution in [2.75, 3.05) is 43.5 Å². The molecule has 22 heteroatoms. The molecule has 0 radical (unpaired) electrons. The first-order valence-electron chi connectivity index (χ1n) is 27.9. The lowest BCUT2D eigenvalue weighted by atomic mass is 9.83. The van der Waals surface area contributed by atoms with Gasteiger partial charge in [0.2, 0.25) is 17.8 Å². The van der Waals surface area contributed by atoms with Gasteiger partial charge in [0, 0.05) is 49.3 Å². The van der Waals surface area contributed by atoms with E-state index in [2.05, 4.69) is 52.4 Å². The predicted molar refractivity (Wildman–Crippen MR) is 298 cm³/mol. The normalized spacial score (nSPS) is 20.0. The van der Waals surface area contributed by atoms with E-state index in [1.165, 1.54) is 25.9 Å². The third-order valence-electron chi connectivity index (χ3n) is 16.2. The van der Waals surface area contributed by atoms with Crippen LogP contribution in [0.4, 0.5) is 22.4 Å². The smallest absolute Gasteiger partial charge is 0.407 e. The summed E-state index contributed by atoms with van der Waals surface area (Å²) in [5.41, 5.74) is 4.65. The zero-order chi connectivity index (χ0) is 56.0. The molecule has 3 aromatic heterocycles. The van der Waals surface area contributed by atoms with Crippen LogP contribution in [0, 0.1) is 25.7 Å². The van der Waals surface area contributed by atoms with Gasteiger partial charge in [0.1, 0.15) is 41.0 Å². The number of ether oxygens (including phenoxy) is 3. The molecule has 2 aliphatic heterocycles. The van der Waals surface area contributed by atoms with Gasteiger partial charge in [0.15, 0.2) is 27.5 Å². The van der Waals surface area contributed by atoms with Crippen LogP contribution in [-0.2, 0) is 35.4 Å². The zero-order valence-electron chi connectivity index (χ0n) is 46.5. The number of benzene rings is 2. The Morgan fingerprint density at radius 3 is 2.37 bits per heavy atom.